The Morgan fingerprint density at radius 1 is 0.690 bits per heavy atom. The average molecular weight is 833 g/mol. The van der Waals surface area contributed by atoms with Crippen LogP contribution in [0.1, 0.15) is 78.6 Å². The van der Waals surface area contributed by atoms with E-state index in [4.69, 9.17) is 33.2 Å². The first-order valence-corrected chi connectivity index (χ1v) is 20.8. The van der Waals surface area contributed by atoms with Crippen molar-refractivity contribution in [2.75, 3.05) is 26.4 Å². The number of fused-ring (bicyclic) bond motifs is 3. The van der Waals surface area contributed by atoms with Gasteiger partial charge in [-0.1, -0.05) is 19.9 Å². The molecule has 4 aliphatic carbocycles. The van der Waals surface area contributed by atoms with Crippen molar-refractivity contribution in [3.63, 3.8) is 0 Å². The number of hydrogen-bond donors (Lipinski definition) is 10. The molecule has 18 nitrogen and oxygen atoms in total. The van der Waals surface area contributed by atoms with Crippen molar-refractivity contribution in [2.24, 2.45) is 28.1 Å². The van der Waals surface area contributed by atoms with Crippen LogP contribution in [0.3, 0.4) is 0 Å². The predicted octanol–water partition coefficient (Wildman–Crippen LogP) is -1.89. The van der Waals surface area contributed by atoms with Gasteiger partial charge in [0.05, 0.1) is 37.4 Å². The predicted molar refractivity (Wildman–Crippen MR) is 196 cm³/mol. The molecule has 0 amide bonds. The zero-order valence-corrected chi connectivity index (χ0v) is 33.5. The lowest BCUT2D eigenvalue weighted by Gasteiger charge is -2.64. The van der Waals surface area contributed by atoms with Crippen molar-refractivity contribution in [2.45, 2.75) is 176 Å². The topological polar surface area (TPSA) is 284 Å². The molecule has 7 rings (SSSR count). The molecule has 7 fully saturated rings. The van der Waals surface area contributed by atoms with Crippen LogP contribution in [0, 0.1) is 28.1 Å². The Hall–Kier alpha value is -1.43. The minimum absolute atomic E-state index is 0.121. The highest BCUT2D eigenvalue weighted by Crippen LogP contribution is 2.73. The molecule has 0 aromatic heterocycles. The van der Waals surface area contributed by atoms with Gasteiger partial charge in [-0.3, -0.25) is 4.79 Å². The molecule has 1 spiro atoms. The number of ether oxygens (including phenoxy) is 7. The first-order valence-electron chi connectivity index (χ1n) is 20.8. The van der Waals surface area contributed by atoms with Gasteiger partial charge < -0.3 is 84.2 Å². The SMILES string of the molecule is C=C1C[C@@]23CC[C@H]4[C@@](C)(CCC[C@@]4(C)C(=O)OCC)[C@@H]2CC[C@]1(O[C@@H]1O[C@H](CO)[C@@H](O)[C@H](O[C@@H]2O[C@H](CO)[C@@H](O)[C@H](O)[C@H]2O)[C@H]1O[C@@H]1O[C@H](CO)[C@@H](O)[C@H](O)[C@H]1O)C3. The molecule has 3 saturated heterocycles. The number of aliphatic hydroxyl groups excluding tert-OH is 10. The lowest BCUT2D eigenvalue weighted by atomic mass is 9.41. The molecule has 10 N–H and O–H groups in total. The van der Waals surface area contributed by atoms with Gasteiger partial charge in [0, 0.05) is 0 Å². The van der Waals surface area contributed by atoms with Crippen LogP contribution in [0.15, 0.2) is 12.2 Å². The van der Waals surface area contributed by atoms with Crippen LogP contribution in [0.25, 0.3) is 0 Å². The molecule has 0 aromatic carbocycles. The Morgan fingerprint density at radius 2 is 1.22 bits per heavy atom. The van der Waals surface area contributed by atoms with E-state index in [0.29, 0.717) is 25.9 Å². The van der Waals surface area contributed by atoms with Gasteiger partial charge in [-0.15, -0.1) is 0 Å². The Balaban J connectivity index is 1.21. The van der Waals surface area contributed by atoms with Crippen LogP contribution in [-0.2, 0) is 38.0 Å². The molecule has 332 valence electrons. The third kappa shape index (κ3) is 7.19. The molecule has 3 aliphatic heterocycles. The molecule has 0 unspecified atom stereocenters. The maximum atomic E-state index is 13.5. The van der Waals surface area contributed by atoms with Crippen LogP contribution >= 0.6 is 0 Å². The summed E-state index contributed by atoms with van der Waals surface area (Å²) in [5, 5.41) is 106. The highest BCUT2D eigenvalue weighted by Gasteiger charge is 2.69. The smallest absolute Gasteiger partial charge is 0.312 e. The van der Waals surface area contributed by atoms with E-state index >= 15 is 0 Å². The Kier molecular flexibility index (Phi) is 12.8. The lowest BCUT2D eigenvalue weighted by molar-refractivity contribution is -0.400. The largest absolute Gasteiger partial charge is 0.466 e. The van der Waals surface area contributed by atoms with Gasteiger partial charge in [0.2, 0.25) is 0 Å². The standard InChI is InChI=1S/C40H64O18/c1-5-52-36(51)38(4)10-6-9-37(3)22(38)7-11-39-13-18(2)40(17-39,12-8-23(37)39)58-35-32(57-34-30(50)28(48)25(45)20(15-42)54-34)31(26(46)21(16-43)55-35)56-33-29(49)27(47)24(44)19(14-41)53-33/h19-35,41-50H,2,5-17H2,1,3-4H3/t19-,20-,21-,22+,23+,24-,25-,26-,27+,28+,29-,30-,31+,32-,33+,34+,35+,37-,38-,39-,40+/m1/s1. The number of esters is 1. The molecule has 4 saturated carbocycles. The highest BCUT2D eigenvalue weighted by atomic mass is 16.8. The van der Waals surface area contributed by atoms with E-state index < -0.39 is 123 Å². The third-order valence-electron chi connectivity index (χ3n) is 15.3. The van der Waals surface area contributed by atoms with Crippen molar-refractivity contribution in [3.05, 3.63) is 12.2 Å². The summed E-state index contributed by atoms with van der Waals surface area (Å²) in [5.74, 6) is 0.203. The third-order valence-corrected chi connectivity index (χ3v) is 15.3. The summed E-state index contributed by atoms with van der Waals surface area (Å²) in [7, 11) is 0. The summed E-state index contributed by atoms with van der Waals surface area (Å²) in [4.78, 5) is 13.5. The number of carbonyl (C=O) groups excluding carboxylic acids is 1. The fourth-order valence-electron chi connectivity index (χ4n) is 12.4. The summed E-state index contributed by atoms with van der Waals surface area (Å²) in [6.45, 7) is 8.75. The molecule has 3 heterocycles. The van der Waals surface area contributed by atoms with Gasteiger partial charge in [-0.25, -0.2) is 0 Å². The quantitative estimate of drug-likeness (QED) is 0.0619. The molecular weight excluding hydrogens is 768 g/mol. The zero-order valence-electron chi connectivity index (χ0n) is 33.5. The van der Waals surface area contributed by atoms with E-state index in [2.05, 4.69) is 20.4 Å². The van der Waals surface area contributed by atoms with Crippen LogP contribution in [0.5, 0.6) is 0 Å². The number of rotatable bonds is 11. The average Bonchev–Trinajstić information content (AvgIpc) is 3.39. The maximum Gasteiger partial charge on any atom is 0.312 e. The molecule has 0 aromatic rings. The second kappa shape index (κ2) is 16.7. The van der Waals surface area contributed by atoms with Gasteiger partial charge in [0.15, 0.2) is 18.9 Å². The summed E-state index contributed by atoms with van der Waals surface area (Å²) in [6.07, 6.45) is -18.6. The highest BCUT2D eigenvalue weighted by molar-refractivity contribution is 5.77. The van der Waals surface area contributed by atoms with E-state index in [1.54, 1.807) is 0 Å². The van der Waals surface area contributed by atoms with Crippen LogP contribution in [0.2, 0.25) is 0 Å². The van der Waals surface area contributed by atoms with Crippen molar-refractivity contribution in [1.29, 1.82) is 0 Å². The fraction of sp³-hybridized carbons (Fsp3) is 0.925. The summed E-state index contributed by atoms with van der Waals surface area (Å²) >= 11 is 0. The summed E-state index contributed by atoms with van der Waals surface area (Å²) in [6, 6.07) is 0. The minimum Gasteiger partial charge on any atom is -0.466 e. The van der Waals surface area contributed by atoms with Gasteiger partial charge in [-0.05, 0) is 93.5 Å². The Bertz CT molecular complexity index is 1480. The first-order chi connectivity index (χ1) is 27.4. The van der Waals surface area contributed by atoms with E-state index in [-0.39, 0.29) is 28.6 Å². The molecule has 2 bridgehead atoms. The first kappa shape index (κ1) is 44.6. The molecule has 21 atom stereocenters. The van der Waals surface area contributed by atoms with Crippen LogP contribution in [0.4, 0.5) is 0 Å². The Morgan fingerprint density at radius 3 is 1.79 bits per heavy atom. The summed E-state index contributed by atoms with van der Waals surface area (Å²) < 4.78 is 42.5. The monoisotopic (exact) mass is 832 g/mol. The maximum absolute atomic E-state index is 13.5. The number of carbonyl (C=O) groups is 1. The fourth-order valence-corrected chi connectivity index (χ4v) is 12.4. The van der Waals surface area contributed by atoms with E-state index in [1.807, 2.05) is 6.92 Å². The van der Waals surface area contributed by atoms with Gasteiger partial charge >= 0.3 is 5.97 Å². The van der Waals surface area contributed by atoms with Crippen molar-refractivity contribution >= 4 is 5.97 Å². The van der Waals surface area contributed by atoms with E-state index in [9.17, 15) is 55.9 Å². The molecule has 58 heavy (non-hydrogen) atoms. The molecule has 18 heteroatoms. The van der Waals surface area contributed by atoms with Gasteiger partial charge in [-0.2, -0.15) is 0 Å². The van der Waals surface area contributed by atoms with Crippen molar-refractivity contribution in [1.82, 2.24) is 0 Å². The Labute approximate surface area is 337 Å². The van der Waals surface area contributed by atoms with Crippen LogP contribution in [-0.4, -0.2) is 181 Å². The molecule has 7 aliphatic rings. The molecular formula is C40H64O18. The van der Waals surface area contributed by atoms with Crippen molar-refractivity contribution < 1.29 is 89.0 Å². The second-order valence-corrected chi connectivity index (χ2v) is 18.4. The lowest BCUT2D eigenvalue weighted by Crippen LogP contribution is -2.68. The minimum atomic E-state index is -1.90. The second-order valence-electron chi connectivity index (χ2n) is 18.4. The normalized spacial score (nSPS) is 53.1. The van der Waals surface area contributed by atoms with E-state index in [0.717, 1.165) is 44.1 Å². The number of aliphatic hydroxyl groups is 10. The molecule has 0 radical (unpaired) electrons. The zero-order chi connectivity index (χ0) is 42.1. The van der Waals surface area contributed by atoms with Crippen molar-refractivity contribution in [3.8, 4) is 0 Å². The van der Waals surface area contributed by atoms with E-state index in [1.165, 1.54) is 0 Å². The van der Waals surface area contributed by atoms with Gasteiger partial charge in [0.25, 0.3) is 0 Å². The summed E-state index contributed by atoms with van der Waals surface area (Å²) in [5.41, 5.74) is -1.23. The van der Waals surface area contributed by atoms with Gasteiger partial charge in [0.1, 0.15) is 73.2 Å². The van der Waals surface area contributed by atoms with Crippen LogP contribution < -0.4 is 0 Å². The number of hydrogen-bond acceptors (Lipinski definition) is 18.